The number of anilines is 1. The number of nitrogens with zero attached hydrogens (tertiary/aromatic N) is 3. The lowest BCUT2D eigenvalue weighted by molar-refractivity contribution is 0.0984. The molecular weight excluding hydrogens is 302 g/mol. The van der Waals surface area contributed by atoms with E-state index in [9.17, 15) is 8.42 Å². The SMILES string of the molecule is CC1COCCN1c1nc(Cl)nc2c1CS(=O)(=O)C2C. The maximum atomic E-state index is 12.1. The molecule has 6 nitrogen and oxygen atoms in total. The number of hydrogen-bond acceptors (Lipinski definition) is 6. The number of halogens is 1. The van der Waals surface area contributed by atoms with E-state index in [2.05, 4.69) is 14.9 Å². The fourth-order valence-electron chi connectivity index (χ4n) is 2.71. The minimum atomic E-state index is -3.20. The van der Waals surface area contributed by atoms with Crippen molar-refractivity contribution in [2.24, 2.45) is 0 Å². The molecule has 0 aliphatic carbocycles. The zero-order valence-electron chi connectivity index (χ0n) is 11.3. The molecule has 1 fully saturated rings. The Hall–Kier alpha value is -0.920. The molecule has 2 unspecified atom stereocenters. The van der Waals surface area contributed by atoms with Gasteiger partial charge in [-0.25, -0.2) is 18.4 Å². The van der Waals surface area contributed by atoms with Crippen molar-refractivity contribution >= 4 is 27.3 Å². The highest BCUT2D eigenvalue weighted by molar-refractivity contribution is 7.91. The molecule has 2 aliphatic heterocycles. The molecule has 0 aromatic carbocycles. The molecule has 3 heterocycles. The van der Waals surface area contributed by atoms with Gasteiger partial charge in [-0.05, 0) is 25.4 Å². The van der Waals surface area contributed by atoms with Crippen molar-refractivity contribution in [3.8, 4) is 0 Å². The summed E-state index contributed by atoms with van der Waals surface area (Å²) in [7, 11) is -3.20. The lowest BCUT2D eigenvalue weighted by Gasteiger charge is -2.35. The highest BCUT2D eigenvalue weighted by Crippen LogP contribution is 2.40. The Morgan fingerprint density at radius 2 is 2.10 bits per heavy atom. The van der Waals surface area contributed by atoms with Crippen molar-refractivity contribution < 1.29 is 13.2 Å². The smallest absolute Gasteiger partial charge is 0.224 e. The third-order valence-corrected chi connectivity index (χ3v) is 6.06. The predicted octanol–water partition coefficient (Wildman–Crippen LogP) is 1.34. The maximum Gasteiger partial charge on any atom is 0.224 e. The first kappa shape index (κ1) is 14.0. The average Bonchev–Trinajstić information content (AvgIpc) is 2.61. The van der Waals surface area contributed by atoms with E-state index in [0.29, 0.717) is 36.8 Å². The molecule has 0 radical (unpaired) electrons. The summed E-state index contributed by atoms with van der Waals surface area (Å²) in [6.07, 6.45) is 0. The number of rotatable bonds is 1. The lowest BCUT2D eigenvalue weighted by Crippen LogP contribution is -2.44. The summed E-state index contributed by atoms with van der Waals surface area (Å²) in [5, 5.41) is -0.519. The van der Waals surface area contributed by atoms with E-state index in [-0.39, 0.29) is 17.1 Å². The van der Waals surface area contributed by atoms with Crippen LogP contribution >= 0.6 is 11.6 Å². The van der Waals surface area contributed by atoms with Gasteiger partial charge in [-0.2, -0.15) is 0 Å². The van der Waals surface area contributed by atoms with Crippen LogP contribution in [0.5, 0.6) is 0 Å². The molecule has 0 bridgehead atoms. The van der Waals surface area contributed by atoms with Crippen molar-refractivity contribution in [1.29, 1.82) is 0 Å². The topological polar surface area (TPSA) is 72.4 Å². The number of morpholine rings is 1. The van der Waals surface area contributed by atoms with Crippen LogP contribution in [-0.2, 0) is 20.3 Å². The fourth-order valence-corrected chi connectivity index (χ4v) is 4.35. The summed E-state index contributed by atoms with van der Waals surface area (Å²) in [4.78, 5) is 10.5. The van der Waals surface area contributed by atoms with Gasteiger partial charge in [0.2, 0.25) is 5.28 Å². The second kappa shape index (κ2) is 4.82. The maximum absolute atomic E-state index is 12.1. The summed E-state index contributed by atoms with van der Waals surface area (Å²) < 4.78 is 29.6. The van der Waals surface area contributed by atoms with Crippen molar-refractivity contribution in [2.45, 2.75) is 30.9 Å². The molecule has 2 atom stereocenters. The molecule has 2 aliphatic rings. The van der Waals surface area contributed by atoms with Gasteiger partial charge in [0.1, 0.15) is 11.1 Å². The Labute approximate surface area is 123 Å². The summed E-state index contributed by atoms with van der Waals surface area (Å²) in [5.41, 5.74) is 1.23. The van der Waals surface area contributed by atoms with Crippen molar-refractivity contribution in [2.75, 3.05) is 24.7 Å². The standard InChI is InChI=1S/C12H16ClN3O3S/c1-7-5-19-4-3-16(7)11-9-6-20(17,18)8(2)10(9)14-12(13)15-11/h7-8H,3-6H2,1-2H3. The van der Waals surface area contributed by atoms with Crippen molar-refractivity contribution in [1.82, 2.24) is 9.97 Å². The molecule has 0 spiro atoms. The lowest BCUT2D eigenvalue weighted by atomic mass is 10.1. The van der Waals surface area contributed by atoms with E-state index < -0.39 is 15.1 Å². The van der Waals surface area contributed by atoms with E-state index >= 15 is 0 Å². The zero-order valence-corrected chi connectivity index (χ0v) is 12.9. The Morgan fingerprint density at radius 1 is 1.35 bits per heavy atom. The summed E-state index contributed by atoms with van der Waals surface area (Å²) in [6.45, 7) is 5.54. The van der Waals surface area contributed by atoms with Gasteiger partial charge >= 0.3 is 0 Å². The molecule has 0 N–H and O–H groups in total. The molecule has 0 amide bonds. The molecule has 3 rings (SSSR count). The Kier molecular flexibility index (Phi) is 3.38. The number of sulfone groups is 1. The second-order valence-corrected chi connectivity index (χ2v) is 7.91. The van der Waals surface area contributed by atoms with Crippen LogP contribution in [-0.4, -0.2) is 44.2 Å². The molecule has 0 saturated carbocycles. The number of aromatic nitrogens is 2. The van der Waals surface area contributed by atoms with Gasteiger partial charge in [-0.3, -0.25) is 0 Å². The monoisotopic (exact) mass is 317 g/mol. The van der Waals surface area contributed by atoms with Gasteiger partial charge in [0, 0.05) is 12.1 Å². The molecule has 1 saturated heterocycles. The van der Waals surface area contributed by atoms with Crippen molar-refractivity contribution in [3.05, 3.63) is 16.5 Å². The molecule has 1 aromatic rings. The minimum absolute atomic E-state index is 0.0138. The van der Waals surface area contributed by atoms with Crippen LogP contribution in [0.4, 0.5) is 5.82 Å². The van der Waals surface area contributed by atoms with E-state index in [1.165, 1.54) is 0 Å². The zero-order chi connectivity index (χ0) is 14.5. The van der Waals surface area contributed by atoms with E-state index in [4.69, 9.17) is 16.3 Å². The quantitative estimate of drug-likeness (QED) is 0.728. The normalized spacial score (nSPS) is 28.4. The summed E-state index contributed by atoms with van der Waals surface area (Å²) in [5.74, 6) is 0.629. The van der Waals surface area contributed by atoms with Crippen LogP contribution in [0.3, 0.4) is 0 Å². The molecule has 1 aromatic heterocycles. The van der Waals surface area contributed by atoms with Gasteiger partial charge in [0.05, 0.1) is 30.7 Å². The third-order valence-electron chi connectivity index (χ3n) is 3.90. The molecule has 8 heteroatoms. The van der Waals surface area contributed by atoms with Crippen LogP contribution < -0.4 is 4.90 Å². The number of fused-ring (bicyclic) bond motifs is 1. The minimum Gasteiger partial charge on any atom is -0.377 e. The van der Waals surface area contributed by atoms with Crippen LogP contribution in [0.15, 0.2) is 0 Å². The van der Waals surface area contributed by atoms with Gasteiger partial charge in [0.25, 0.3) is 0 Å². The van der Waals surface area contributed by atoms with Gasteiger partial charge < -0.3 is 9.64 Å². The van der Waals surface area contributed by atoms with E-state index in [1.54, 1.807) is 6.92 Å². The Balaban J connectivity index is 2.12. The largest absolute Gasteiger partial charge is 0.377 e. The highest BCUT2D eigenvalue weighted by atomic mass is 35.5. The van der Waals surface area contributed by atoms with Crippen LogP contribution in [0.25, 0.3) is 0 Å². The summed E-state index contributed by atoms with van der Waals surface area (Å²) in [6, 6.07) is 0.137. The molecule has 20 heavy (non-hydrogen) atoms. The Bertz CT molecular complexity index is 650. The number of hydrogen-bond donors (Lipinski definition) is 0. The molecular formula is C12H16ClN3O3S. The average molecular weight is 318 g/mol. The fraction of sp³-hybridized carbons (Fsp3) is 0.667. The highest BCUT2D eigenvalue weighted by Gasteiger charge is 2.39. The van der Waals surface area contributed by atoms with Crippen LogP contribution in [0.2, 0.25) is 5.28 Å². The van der Waals surface area contributed by atoms with Crippen molar-refractivity contribution in [3.63, 3.8) is 0 Å². The number of ether oxygens (including phenoxy) is 1. The van der Waals surface area contributed by atoms with Crippen LogP contribution in [0.1, 0.15) is 30.4 Å². The van der Waals surface area contributed by atoms with E-state index in [0.717, 1.165) is 0 Å². The molecule has 110 valence electrons. The second-order valence-electron chi connectivity index (χ2n) is 5.25. The van der Waals surface area contributed by atoms with Gasteiger partial charge in [-0.1, -0.05) is 0 Å². The first-order valence-corrected chi connectivity index (χ1v) is 8.62. The first-order chi connectivity index (χ1) is 9.40. The van der Waals surface area contributed by atoms with Gasteiger partial charge in [0.15, 0.2) is 9.84 Å². The first-order valence-electron chi connectivity index (χ1n) is 6.52. The van der Waals surface area contributed by atoms with Gasteiger partial charge in [-0.15, -0.1) is 0 Å². The summed E-state index contributed by atoms with van der Waals surface area (Å²) >= 11 is 5.98. The van der Waals surface area contributed by atoms with E-state index in [1.807, 2.05) is 6.92 Å². The predicted molar refractivity (Wildman–Crippen MR) is 75.7 cm³/mol. The van der Waals surface area contributed by atoms with Crippen LogP contribution in [0, 0.1) is 0 Å². The Morgan fingerprint density at radius 3 is 2.80 bits per heavy atom. The third kappa shape index (κ3) is 2.17.